The summed E-state index contributed by atoms with van der Waals surface area (Å²) in [6.07, 6.45) is 0. The standard InChI is InChI=1S/C19H26BrN3O3S2/c1-13(2)23(14(3)4)12-11-21-19(24)15-5-7-16(8-6-15)22-28(25,26)18-10-9-17(20)27-18/h5-10,13-14,22H,11-12H2,1-4H3,(H,21,24). The molecule has 0 bridgehead atoms. The number of benzene rings is 1. The molecule has 1 aromatic heterocycles. The molecule has 2 rings (SSSR count). The first-order valence-corrected chi connectivity index (χ1v) is 12.1. The van der Waals surface area contributed by atoms with Gasteiger partial charge in [0, 0.05) is 36.4 Å². The molecule has 1 amide bonds. The van der Waals surface area contributed by atoms with Crippen LogP contribution in [0, 0.1) is 0 Å². The summed E-state index contributed by atoms with van der Waals surface area (Å²) in [7, 11) is -3.63. The Labute approximate surface area is 179 Å². The summed E-state index contributed by atoms with van der Waals surface area (Å²) in [5.41, 5.74) is 0.898. The Balaban J connectivity index is 1.94. The van der Waals surface area contributed by atoms with Gasteiger partial charge in [-0.2, -0.15) is 0 Å². The van der Waals surface area contributed by atoms with Crippen LogP contribution in [0.5, 0.6) is 0 Å². The van der Waals surface area contributed by atoms with E-state index in [1.807, 2.05) is 0 Å². The topological polar surface area (TPSA) is 78.5 Å². The van der Waals surface area contributed by atoms with Crippen LogP contribution in [0.3, 0.4) is 0 Å². The number of carbonyl (C=O) groups excluding carboxylic acids is 1. The number of nitrogens with zero attached hydrogens (tertiary/aromatic N) is 1. The fourth-order valence-corrected chi connectivity index (χ4v) is 5.92. The molecule has 0 saturated heterocycles. The molecule has 2 aromatic rings. The molecule has 0 atom stereocenters. The van der Waals surface area contributed by atoms with Crippen molar-refractivity contribution in [3.63, 3.8) is 0 Å². The zero-order valence-electron chi connectivity index (χ0n) is 16.4. The Morgan fingerprint density at radius 2 is 1.68 bits per heavy atom. The fraction of sp³-hybridized carbons (Fsp3) is 0.421. The van der Waals surface area contributed by atoms with Crippen LogP contribution < -0.4 is 10.0 Å². The largest absolute Gasteiger partial charge is 0.351 e. The van der Waals surface area contributed by atoms with Crippen molar-refractivity contribution in [1.29, 1.82) is 0 Å². The number of sulfonamides is 1. The van der Waals surface area contributed by atoms with Crippen LogP contribution in [0.15, 0.2) is 44.4 Å². The van der Waals surface area contributed by atoms with Gasteiger partial charge in [-0.05, 0) is 80.0 Å². The van der Waals surface area contributed by atoms with E-state index in [0.29, 0.717) is 29.9 Å². The maximum Gasteiger partial charge on any atom is 0.271 e. The Bertz CT molecular complexity index is 885. The molecule has 6 nitrogen and oxygen atoms in total. The summed E-state index contributed by atoms with van der Waals surface area (Å²) in [5, 5.41) is 2.91. The first-order valence-electron chi connectivity index (χ1n) is 9.02. The van der Waals surface area contributed by atoms with E-state index in [4.69, 9.17) is 0 Å². The lowest BCUT2D eigenvalue weighted by Crippen LogP contribution is -2.42. The molecule has 28 heavy (non-hydrogen) atoms. The lowest BCUT2D eigenvalue weighted by Gasteiger charge is -2.30. The highest BCUT2D eigenvalue weighted by atomic mass is 79.9. The summed E-state index contributed by atoms with van der Waals surface area (Å²) in [5.74, 6) is -0.177. The average Bonchev–Trinajstić information content (AvgIpc) is 3.05. The molecule has 2 N–H and O–H groups in total. The van der Waals surface area contributed by atoms with Crippen LogP contribution in [0.2, 0.25) is 0 Å². The molecule has 0 saturated carbocycles. The molecule has 0 unspecified atom stereocenters. The highest BCUT2D eigenvalue weighted by Crippen LogP contribution is 2.27. The van der Waals surface area contributed by atoms with Gasteiger partial charge in [-0.15, -0.1) is 11.3 Å². The maximum atomic E-state index is 12.3. The minimum atomic E-state index is -3.63. The predicted molar refractivity (Wildman–Crippen MR) is 119 cm³/mol. The minimum absolute atomic E-state index is 0.177. The Kier molecular flexibility index (Phi) is 8.06. The Morgan fingerprint density at radius 1 is 1.07 bits per heavy atom. The molecule has 0 fully saturated rings. The molecule has 0 aliphatic rings. The predicted octanol–water partition coefficient (Wildman–Crippen LogP) is 4.16. The van der Waals surface area contributed by atoms with Crippen LogP contribution >= 0.6 is 27.3 Å². The second kappa shape index (κ2) is 9.87. The lowest BCUT2D eigenvalue weighted by atomic mass is 10.2. The summed E-state index contributed by atoms with van der Waals surface area (Å²) in [4.78, 5) is 14.6. The van der Waals surface area contributed by atoms with E-state index < -0.39 is 10.0 Å². The van der Waals surface area contributed by atoms with Crippen LogP contribution in [-0.2, 0) is 10.0 Å². The summed E-state index contributed by atoms with van der Waals surface area (Å²) >= 11 is 4.39. The van der Waals surface area contributed by atoms with Crippen LogP contribution in [0.1, 0.15) is 38.1 Å². The van der Waals surface area contributed by atoms with E-state index in [2.05, 4.69) is 58.6 Å². The van der Waals surface area contributed by atoms with E-state index in [1.165, 1.54) is 6.07 Å². The van der Waals surface area contributed by atoms with Crippen molar-refractivity contribution in [3.05, 3.63) is 45.7 Å². The number of halogens is 1. The van der Waals surface area contributed by atoms with Crippen LogP contribution in [0.25, 0.3) is 0 Å². The first kappa shape index (κ1) is 22.9. The van der Waals surface area contributed by atoms with Crippen molar-refractivity contribution in [2.45, 2.75) is 44.0 Å². The maximum absolute atomic E-state index is 12.3. The van der Waals surface area contributed by atoms with E-state index in [-0.39, 0.29) is 10.1 Å². The molecule has 0 aliphatic carbocycles. The summed E-state index contributed by atoms with van der Waals surface area (Å²) in [6, 6.07) is 10.4. The van der Waals surface area contributed by atoms with Gasteiger partial charge in [0.2, 0.25) is 0 Å². The SMILES string of the molecule is CC(C)N(CCNC(=O)c1ccc(NS(=O)(=O)c2ccc(Br)s2)cc1)C(C)C. The number of nitrogens with one attached hydrogen (secondary N) is 2. The molecular formula is C19H26BrN3O3S2. The molecular weight excluding hydrogens is 462 g/mol. The van der Waals surface area contributed by atoms with Gasteiger partial charge in [0.1, 0.15) is 4.21 Å². The Hall–Kier alpha value is -1.42. The Morgan fingerprint density at radius 3 is 2.18 bits per heavy atom. The third-order valence-corrected chi connectivity index (χ3v) is 7.69. The number of hydrogen-bond acceptors (Lipinski definition) is 5. The van der Waals surface area contributed by atoms with Gasteiger partial charge in [-0.1, -0.05) is 0 Å². The van der Waals surface area contributed by atoms with Crippen LogP contribution in [0.4, 0.5) is 5.69 Å². The molecule has 0 radical (unpaired) electrons. The fourth-order valence-electron chi connectivity index (χ4n) is 2.85. The monoisotopic (exact) mass is 487 g/mol. The summed E-state index contributed by atoms with van der Waals surface area (Å²) in [6.45, 7) is 9.87. The van der Waals surface area contributed by atoms with Gasteiger partial charge in [0.05, 0.1) is 3.79 Å². The van der Waals surface area contributed by atoms with Crippen molar-refractivity contribution in [1.82, 2.24) is 10.2 Å². The second-order valence-corrected chi connectivity index (χ2v) is 11.3. The van der Waals surface area contributed by atoms with Gasteiger partial charge in [-0.3, -0.25) is 14.4 Å². The van der Waals surface area contributed by atoms with Crippen molar-refractivity contribution >= 4 is 48.9 Å². The van der Waals surface area contributed by atoms with Crippen molar-refractivity contribution in [2.24, 2.45) is 0 Å². The van der Waals surface area contributed by atoms with Crippen molar-refractivity contribution < 1.29 is 13.2 Å². The average molecular weight is 488 g/mol. The van der Waals surface area contributed by atoms with Gasteiger partial charge >= 0.3 is 0 Å². The summed E-state index contributed by atoms with van der Waals surface area (Å²) < 4.78 is 28.2. The van der Waals surface area contributed by atoms with Gasteiger partial charge in [0.15, 0.2) is 0 Å². The van der Waals surface area contributed by atoms with E-state index in [9.17, 15) is 13.2 Å². The normalized spacial score (nSPS) is 12.0. The third kappa shape index (κ3) is 6.30. The van der Waals surface area contributed by atoms with E-state index in [1.54, 1.807) is 30.3 Å². The second-order valence-electron chi connectivity index (χ2n) is 6.92. The van der Waals surface area contributed by atoms with Crippen molar-refractivity contribution in [2.75, 3.05) is 17.8 Å². The molecule has 1 aromatic carbocycles. The third-order valence-electron chi connectivity index (χ3n) is 4.19. The number of carbonyl (C=O) groups is 1. The highest BCUT2D eigenvalue weighted by Gasteiger charge is 2.17. The number of anilines is 1. The number of thiophene rings is 1. The smallest absolute Gasteiger partial charge is 0.271 e. The number of hydrogen-bond donors (Lipinski definition) is 2. The zero-order valence-corrected chi connectivity index (χ0v) is 19.6. The van der Waals surface area contributed by atoms with Gasteiger partial charge < -0.3 is 5.32 Å². The van der Waals surface area contributed by atoms with Gasteiger partial charge in [0.25, 0.3) is 15.9 Å². The van der Waals surface area contributed by atoms with Gasteiger partial charge in [-0.25, -0.2) is 8.42 Å². The quantitative estimate of drug-likeness (QED) is 0.556. The van der Waals surface area contributed by atoms with E-state index in [0.717, 1.165) is 21.7 Å². The highest BCUT2D eigenvalue weighted by molar-refractivity contribution is 9.11. The van der Waals surface area contributed by atoms with Crippen LogP contribution in [-0.4, -0.2) is 44.4 Å². The molecule has 0 aliphatic heterocycles. The lowest BCUT2D eigenvalue weighted by molar-refractivity contribution is 0.0939. The van der Waals surface area contributed by atoms with E-state index >= 15 is 0 Å². The molecule has 154 valence electrons. The number of amides is 1. The van der Waals surface area contributed by atoms with Crippen molar-refractivity contribution in [3.8, 4) is 0 Å². The molecule has 0 spiro atoms. The molecule has 9 heteroatoms. The number of rotatable bonds is 9. The first-order chi connectivity index (χ1) is 13.1. The molecule has 1 heterocycles. The minimum Gasteiger partial charge on any atom is -0.351 e. The zero-order chi connectivity index (χ0) is 20.9.